The summed E-state index contributed by atoms with van der Waals surface area (Å²) in [4.78, 5) is 25.8. The summed E-state index contributed by atoms with van der Waals surface area (Å²) in [6, 6.07) is 3.15. The number of benzene rings is 1. The molecule has 11 heteroatoms. The minimum atomic E-state index is -3.56. The van der Waals surface area contributed by atoms with Crippen molar-refractivity contribution in [2.45, 2.75) is 31.2 Å². The SMILES string of the molecule is C[C@@]1(c2ccc(OC(F)F)cc2)NC(=O)N([C@H]2CS(=O)(=O)C[C@@H]2O)C1=O. The van der Waals surface area contributed by atoms with Gasteiger partial charge in [-0.1, -0.05) is 12.1 Å². The lowest BCUT2D eigenvalue weighted by molar-refractivity contribution is -0.133. The van der Waals surface area contributed by atoms with Gasteiger partial charge >= 0.3 is 12.6 Å². The number of hydrogen-bond acceptors (Lipinski definition) is 6. The lowest BCUT2D eigenvalue weighted by atomic mass is 9.91. The Morgan fingerprint density at radius 3 is 2.38 bits per heavy atom. The first-order chi connectivity index (χ1) is 12.0. The van der Waals surface area contributed by atoms with Crippen LogP contribution in [0.4, 0.5) is 13.6 Å². The highest BCUT2D eigenvalue weighted by molar-refractivity contribution is 7.91. The maximum absolute atomic E-state index is 12.8. The van der Waals surface area contributed by atoms with Crippen LogP contribution >= 0.6 is 0 Å². The van der Waals surface area contributed by atoms with Crippen LogP contribution in [0.3, 0.4) is 0 Å². The monoisotopic (exact) mass is 390 g/mol. The number of carbonyl (C=O) groups excluding carboxylic acids is 2. The van der Waals surface area contributed by atoms with E-state index in [1.165, 1.54) is 31.2 Å². The molecule has 8 nitrogen and oxygen atoms in total. The molecule has 3 atom stereocenters. The highest BCUT2D eigenvalue weighted by atomic mass is 32.2. The predicted molar refractivity (Wildman–Crippen MR) is 84.3 cm³/mol. The molecule has 0 unspecified atom stereocenters. The summed E-state index contributed by atoms with van der Waals surface area (Å²) in [6.45, 7) is -1.59. The average Bonchev–Trinajstić information content (AvgIpc) is 2.92. The van der Waals surface area contributed by atoms with E-state index in [4.69, 9.17) is 0 Å². The van der Waals surface area contributed by atoms with E-state index in [2.05, 4.69) is 10.1 Å². The van der Waals surface area contributed by atoms with Crippen LogP contribution < -0.4 is 10.1 Å². The fourth-order valence-corrected chi connectivity index (χ4v) is 4.95. The Bertz CT molecular complexity index is 844. The van der Waals surface area contributed by atoms with Crippen LogP contribution in [0, 0.1) is 0 Å². The first-order valence-electron chi connectivity index (χ1n) is 7.63. The van der Waals surface area contributed by atoms with Crippen molar-refractivity contribution < 1.29 is 36.6 Å². The number of aliphatic hydroxyl groups excluding tert-OH is 1. The minimum Gasteiger partial charge on any atom is -0.435 e. The number of nitrogens with one attached hydrogen (secondary N) is 1. The van der Waals surface area contributed by atoms with Gasteiger partial charge in [-0.05, 0) is 24.6 Å². The number of alkyl halides is 2. The van der Waals surface area contributed by atoms with Crippen molar-refractivity contribution in [2.24, 2.45) is 0 Å². The van der Waals surface area contributed by atoms with E-state index < -0.39 is 57.6 Å². The average molecular weight is 390 g/mol. The lowest BCUT2D eigenvalue weighted by Crippen LogP contribution is -2.48. The second-order valence-corrected chi connectivity index (χ2v) is 8.50. The van der Waals surface area contributed by atoms with Gasteiger partial charge in [0.1, 0.15) is 11.3 Å². The van der Waals surface area contributed by atoms with E-state index in [1.807, 2.05) is 0 Å². The molecule has 0 saturated carbocycles. The zero-order valence-electron chi connectivity index (χ0n) is 13.6. The number of amides is 3. The number of imide groups is 1. The summed E-state index contributed by atoms with van der Waals surface area (Å²) in [5, 5.41) is 12.4. The predicted octanol–water partition coefficient (Wildman–Crippen LogP) is 0.213. The molecule has 0 aliphatic carbocycles. The molecule has 2 N–H and O–H groups in total. The van der Waals surface area contributed by atoms with Crippen molar-refractivity contribution in [3.8, 4) is 5.75 Å². The van der Waals surface area contributed by atoms with Crippen molar-refractivity contribution in [1.29, 1.82) is 0 Å². The number of urea groups is 1. The molecule has 26 heavy (non-hydrogen) atoms. The van der Waals surface area contributed by atoms with Crippen molar-refractivity contribution in [2.75, 3.05) is 11.5 Å². The number of ether oxygens (including phenoxy) is 1. The molecule has 2 fully saturated rings. The Labute approximate surface area is 147 Å². The smallest absolute Gasteiger partial charge is 0.387 e. The number of hydrogen-bond donors (Lipinski definition) is 2. The van der Waals surface area contributed by atoms with Crippen molar-refractivity contribution in [3.63, 3.8) is 0 Å². The topological polar surface area (TPSA) is 113 Å². The van der Waals surface area contributed by atoms with Crippen molar-refractivity contribution >= 4 is 21.8 Å². The number of rotatable bonds is 4. The van der Waals surface area contributed by atoms with Crippen LogP contribution in [0.25, 0.3) is 0 Å². The molecule has 2 heterocycles. The van der Waals surface area contributed by atoms with Crippen LogP contribution in [-0.2, 0) is 20.2 Å². The first-order valence-corrected chi connectivity index (χ1v) is 9.45. The Morgan fingerprint density at radius 1 is 1.27 bits per heavy atom. The van der Waals surface area contributed by atoms with Crippen LogP contribution in [0.5, 0.6) is 5.75 Å². The van der Waals surface area contributed by atoms with Crippen LogP contribution in [0.2, 0.25) is 0 Å². The summed E-state index contributed by atoms with van der Waals surface area (Å²) < 4.78 is 52.0. The summed E-state index contributed by atoms with van der Waals surface area (Å²) in [5.74, 6) is -1.88. The Morgan fingerprint density at radius 2 is 1.88 bits per heavy atom. The van der Waals surface area contributed by atoms with E-state index in [0.29, 0.717) is 5.56 Å². The van der Waals surface area contributed by atoms with E-state index >= 15 is 0 Å². The maximum Gasteiger partial charge on any atom is 0.387 e. The summed E-state index contributed by atoms with van der Waals surface area (Å²) >= 11 is 0. The first kappa shape index (κ1) is 18.5. The second-order valence-electron chi connectivity index (χ2n) is 6.34. The van der Waals surface area contributed by atoms with Gasteiger partial charge in [-0.15, -0.1) is 0 Å². The summed E-state index contributed by atoms with van der Waals surface area (Å²) in [5.41, 5.74) is -1.22. The number of halogens is 2. The molecule has 0 radical (unpaired) electrons. The van der Waals surface area contributed by atoms with Gasteiger partial charge in [0.05, 0.1) is 23.7 Å². The fraction of sp³-hybridized carbons (Fsp3) is 0.467. The molecule has 142 valence electrons. The van der Waals surface area contributed by atoms with Crippen molar-refractivity contribution in [1.82, 2.24) is 10.2 Å². The third-order valence-electron chi connectivity index (χ3n) is 4.50. The van der Waals surface area contributed by atoms with Gasteiger partial charge < -0.3 is 15.2 Å². The maximum atomic E-state index is 12.8. The molecule has 0 bridgehead atoms. The number of nitrogens with zero attached hydrogens (tertiary/aromatic N) is 1. The quantitative estimate of drug-likeness (QED) is 0.711. The molecule has 2 aliphatic heterocycles. The Kier molecular flexibility index (Phi) is 4.39. The highest BCUT2D eigenvalue weighted by Gasteiger charge is 2.55. The molecule has 1 aromatic rings. The summed E-state index contributed by atoms with van der Waals surface area (Å²) in [7, 11) is -3.56. The molecular weight excluding hydrogens is 374 g/mol. The zero-order chi connectivity index (χ0) is 19.3. The molecule has 1 aromatic carbocycles. The Hall–Kier alpha value is -2.27. The molecule has 3 rings (SSSR count). The lowest BCUT2D eigenvalue weighted by Gasteiger charge is -2.25. The highest BCUT2D eigenvalue weighted by Crippen LogP contribution is 2.33. The molecule has 2 aliphatic rings. The van der Waals surface area contributed by atoms with Gasteiger partial charge in [0.2, 0.25) is 0 Å². The second kappa shape index (κ2) is 6.16. The number of sulfone groups is 1. The Balaban J connectivity index is 1.87. The standard InChI is InChI=1S/C15H16F2N2O6S/c1-15(8-2-4-9(5-3-8)25-13(16)17)12(21)19(14(22)18-15)10-6-26(23,24)7-11(10)20/h2-5,10-11,13,20H,6-7H2,1H3,(H,18,22)/t10-,11-,15-/m0/s1. The summed E-state index contributed by atoms with van der Waals surface area (Å²) in [6.07, 6.45) is -1.36. The van der Waals surface area contributed by atoms with Crippen LogP contribution in [0.15, 0.2) is 24.3 Å². The van der Waals surface area contributed by atoms with E-state index in [-0.39, 0.29) is 5.75 Å². The molecule has 0 spiro atoms. The molecule has 3 amide bonds. The van der Waals surface area contributed by atoms with Gasteiger partial charge in [-0.3, -0.25) is 9.69 Å². The fourth-order valence-electron chi connectivity index (χ4n) is 3.18. The molecular formula is C15H16F2N2O6S. The number of carbonyl (C=O) groups is 2. The van der Waals surface area contributed by atoms with Gasteiger partial charge in [0, 0.05) is 0 Å². The van der Waals surface area contributed by atoms with Crippen LogP contribution in [-0.4, -0.2) is 60.6 Å². The third kappa shape index (κ3) is 3.12. The van der Waals surface area contributed by atoms with Gasteiger partial charge in [-0.25, -0.2) is 13.2 Å². The van der Waals surface area contributed by atoms with E-state index in [0.717, 1.165) is 4.90 Å². The number of aliphatic hydroxyl groups is 1. The van der Waals surface area contributed by atoms with E-state index in [9.17, 15) is 31.9 Å². The third-order valence-corrected chi connectivity index (χ3v) is 6.20. The minimum absolute atomic E-state index is 0.113. The van der Waals surface area contributed by atoms with Gasteiger partial charge in [0.15, 0.2) is 9.84 Å². The van der Waals surface area contributed by atoms with Gasteiger partial charge in [0.25, 0.3) is 5.91 Å². The largest absolute Gasteiger partial charge is 0.435 e. The van der Waals surface area contributed by atoms with E-state index in [1.54, 1.807) is 0 Å². The normalized spacial score (nSPS) is 30.7. The van der Waals surface area contributed by atoms with Crippen molar-refractivity contribution in [3.05, 3.63) is 29.8 Å². The molecule has 2 saturated heterocycles. The molecule has 0 aromatic heterocycles. The zero-order valence-corrected chi connectivity index (χ0v) is 14.4. The van der Waals surface area contributed by atoms with Crippen LogP contribution in [0.1, 0.15) is 12.5 Å². The van der Waals surface area contributed by atoms with Gasteiger partial charge in [-0.2, -0.15) is 8.78 Å².